The van der Waals surface area contributed by atoms with Crippen molar-refractivity contribution in [1.82, 2.24) is 30.2 Å². The molecule has 0 aliphatic carbocycles. The van der Waals surface area contributed by atoms with Gasteiger partial charge in [0.1, 0.15) is 5.69 Å². The summed E-state index contributed by atoms with van der Waals surface area (Å²) in [6, 6.07) is 2.06. The van der Waals surface area contributed by atoms with Crippen LogP contribution in [-0.4, -0.2) is 84.3 Å². The number of aromatic nitrogens is 2. The van der Waals surface area contributed by atoms with Gasteiger partial charge in [-0.1, -0.05) is 0 Å². The average Bonchev–Trinajstić information content (AvgIpc) is 3.13. The summed E-state index contributed by atoms with van der Waals surface area (Å²) < 4.78 is 1.87. The van der Waals surface area contributed by atoms with E-state index in [1.165, 1.54) is 0 Å². The number of piperazine rings is 1. The maximum atomic E-state index is 12.2. The number of likely N-dealkylation sites (N-methyl/N-ethyl adjacent to an activating group) is 1. The molecule has 8 nitrogen and oxygen atoms in total. The summed E-state index contributed by atoms with van der Waals surface area (Å²) in [4.78, 5) is 28.5. The SMILES string of the molecule is CN1CCN(C(=O)CCNC(=O)c2ccn(C3CCCNC3)n2)CC1.Cl.Cl. The highest BCUT2D eigenvalue weighted by molar-refractivity contribution is 5.92. The monoisotopic (exact) mass is 420 g/mol. The Labute approximate surface area is 172 Å². The molecule has 10 heteroatoms. The Bertz CT molecular complexity index is 598. The first-order valence-corrected chi connectivity index (χ1v) is 9.14. The van der Waals surface area contributed by atoms with Crippen LogP contribution in [0.3, 0.4) is 0 Å². The predicted molar refractivity (Wildman–Crippen MR) is 109 cm³/mol. The lowest BCUT2D eigenvalue weighted by Gasteiger charge is -2.32. The second kappa shape index (κ2) is 11.5. The minimum atomic E-state index is -0.214. The van der Waals surface area contributed by atoms with Crippen molar-refractivity contribution < 1.29 is 9.59 Å². The third-order valence-electron chi connectivity index (χ3n) is 4.97. The lowest BCUT2D eigenvalue weighted by molar-refractivity contribution is -0.132. The lowest BCUT2D eigenvalue weighted by atomic mass is 10.1. The number of nitrogens with one attached hydrogen (secondary N) is 2. The molecule has 154 valence electrons. The highest BCUT2D eigenvalue weighted by Gasteiger charge is 2.20. The molecule has 0 radical (unpaired) electrons. The highest BCUT2D eigenvalue weighted by atomic mass is 35.5. The number of nitrogens with zero attached hydrogens (tertiary/aromatic N) is 4. The van der Waals surface area contributed by atoms with Crippen LogP contribution in [0.4, 0.5) is 0 Å². The van der Waals surface area contributed by atoms with Crippen molar-refractivity contribution in [3.63, 3.8) is 0 Å². The van der Waals surface area contributed by atoms with Gasteiger partial charge in [-0.25, -0.2) is 0 Å². The summed E-state index contributed by atoms with van der Waals surface area (Å²) in [7, 11) is 2.06. The quantitative estimate of drug-likeness (QED) is 0.726. The first-order chi connectivity index (χ1) is 12.1. The van der Waals surface area contributed by atoms with Crippen molar-refractivity contribution in [2.75, 3.05) is 52.9 Å². The third-order valence-corrected chi connectivity index (χ3v) is 4.97. The summed E-state index contributed by atoms with van der Waals surface area (Å²) >= 11 is 0. The summed E-state index contributed by atoms with van der Waals surface area (Å²) in [6.45, 7) is 5.64. The number of amides is 2. The second-order valence-electron chi connectivity index (χ2n) is 6.87. The van der Waals surface area contributed by atoms with Crippen LogP contribution in [0, 0.1) is 0 Å². The van der Waals surface area contributed by atoms with Gasteiger partial charge in [-0.15, -0.1) is 24.8 Å². The molecule has 0 saturated carbocycles. The van der Waals surface area contributed by atoms with Gasteiger partial charge in [0.2, 0.25) is 5.91 Å². The topological polar surface area (TPSA) is 82.5 Å². The summed E-state index contributed by atoms with van der Waals surface area (Å²) in [6.07, 6.45) is 4.40. The molecule has 2 N–H and O–H groups in total. The smallest absolute Gasteiger partial charge is 0.271 e. The van der Waals surface area contributed by atoms with E-state index in [0.717, 1.165) is 52.1 Å². The van der Waals surface area contributed by atoms with E-state index in [2.05, 4.69) is 27.7 Å². The molecule has 2 fully saturated rings. The molecule has 0 aromatic carbocycles. The van der Waals surface area contributed by atoms with Gasteiger partial charge in [-0.05, 0) is 32.5 Å². The van der Waals surface area contributed by atoms with Crippen molar-refractivity contribution >= 4 is 36.6 Å². The van der Waals surface area contributed by atoms with Gasteiger partial charge in [-0.3, -0.25) is 14.3 Å². The van der Waals surface area contributed by atoms with Gasteiger partial charge in [0.25, 0.3) is 5.91 Å². The number of carbonyl (C=O) groups is 2. The van der Waals surface area contributed by atoms with E-state index in [9.17, 15) is 9.59 Å². The number of hydrogen-bond donors (Lipinski definition) is 2. The minimum Gasteiger partial charge on any atom is -0.350 e. The molecule has 3 rings (SSSR count). The van der Waals surface area contributed by atoms with E-state index >= 15 is 0 Å². The van der Waals surface area contributed by atoms with Crippen LogP contribution in [0.1, 0.15) is 35.8 Å². The Kier molecular flexibility index (Phi) is 10.1. The van der Waals surface area contributed by atoms with Crippen LogP contribution in [0.15, 0.2) is 12.3 Å². The molecule has 2 amide bonds. The highest BCUT2D eigenvalue weighted by Crippen LogP contribution is 2.15. The van der Waals surface area contributed by atoms with Crippen LogP contribution in [-0.2, 0) is 4.79 Å². The Morgan fingerprint density at radius 2 is 2.00 bits per heavy atom. The van der Waals surface area contributed by atoms with Crippen molar-refractivity contribution in [2.45, 2.75) is 25.3 Å². The fourth-order valence-electron chi connectivity index (χ4n) is 3.31. The van der Waals surface area contributed by atoms with Crippen molar-refractivity contribution in [2.24, 2.45) is 0 Å². The van der Waals surface area contributed by atoms with Crippen molar-refractivity contribution in [3.05, 3.63) is 18.0 Å². The molecular weight excluding hydrogens is 391 g/mol. The molecule has 27 heavy (non-hydrogen) atoms. The van der Waals surface area contributed by atoms with E-state index in [0.29, 0.717) is 24.7 Å². The number of hydrogen-bond acceptors (Lipinski definition) is 5. The van der Waals surface area contributed by atoms with Crippen LogP contribution in [0.5, 0.6) is 0 Å². The summed E-state index contributed by atoms with van der Waals surface area (Å²) in [5, 5.41) is 10.5. The molecule has 1 aromatic rings. The molecule has 2 aliphatic rings. The number of carbonyl (C=O) groups excluding carboxylic acids is 2. The van der Waals surface area contributed by atoms with Gasteiger partial charge in [-0.2, -0.15) is 5.10 Å². The van der Waals surface area contributed by atoms with Crippen LogP contribution >= 0.6 is 24.8 Å². The summed E-state index contributed by atoms with van der Waals surface area (Å²) in [5.74, 6) is -0.110. The third kappa shape index (κ3) is 6.64. The van der Waals surface area contributed by atoms with Gasteiger partial charge in [0, 0.05) is 51.9 Å². The summed E-state index contributed by atoms with van der Waals surface area (Å²) in [5.41, 5.74) is 0.414. The Hall–Kier alpha value is -1.35. The number of halogens is 2. The fourth-order valence-corrected chi connectivity index (χ4v) is 3.31. The van der Waals surface area contributed by atoms with E-state index in [4.69, 9.17) is 0 Å². The maximum Gasteiger partial charge on any atom is 0.271 e. The molecule has 3 heterocycles. The normalized spacial score (nSPS) is 20.3. The molecular formula is C17H30Cl2N6O2. The number of piperidine rings is 1. The van der Waals surface area contributed by atoms with Crippen molar-refractivity contribution in [1.29, 1.82) is 0 Å². The average molecular weight is 421 g/mol. The van der Waals surface area contributed by atoms with Crippen LogP contribution in [0.2, 0.25) is 0 Å². The van der Waals surface area contributed by atoms with Crippen molar-refractivity contribution in [3.8, 4) is 0 Å². The zero-order valence-electron chi connectivity index (χ0n) is 15.7. The molecule has 1 atom stereocenters. The zero-order chi connectivity index (χ0) is 17.6. The van der Waals surface area contributed by atoms with E-state index in [1.807, 2.05) is 15.8 Å². The molecule has 0 spiro atoms. The van der Waals surface area contributed by atoms with Gasteiger partial charge < -0.3 is 20.4 Å². The predicted octanol–water partition coefficient (Wildman–Crippen LogP) is 0.545. The first-order valence-electron chi connectivity index (χ1n) is 9.14. The maximum absolute atomic E-state index is 12.2. The standard InChI is InChI=1S/C17H28N6O2.2ClH/c1-21-9-11-22(12-10-21)16(24)4-7-19-17(25)15-5-8-23(20-15)14-3-2-6-18-13-14;;/h5,8,14,18H,2-4,6-7,9-13H2,1H3,(H,19,25);2*1H. The van der Waals surface area contributed by atoms with Gasteiger partial charge in [0.05, 0.1) is 6.04 Å². The van der Waals surface area contributed by atoms with Gasteiger partial charge in [0.15, 0.2) is 0 Å². The fraction of sp³-hybridized carbons (Fsp3) is 0.706. The molecule has 1 unspecified atom stereocenters. The Morgan fingerprint density at radius 3 is 2.67 bits per heavy atom. The van der Waals surface area contributed by atoms with Gasteiger partial charge >= 0.3 is 0 Å². The second-order valence-corrected chi connectivity index (χ2v) is 6.87. The lowest BCUT2D eigenvalue weighted by Crippen LogP contribution is -2.47. The largest absolute Gasteiger partial charge is 0.350 e. The van der Waals surface area contributed by atoms with E-state index in [1.54, 1.807) is 6.07 Å². The Balaban J connectivity index is 0.00000182. The molecule has 1 aromatic heterocycles. The van der Waals surface area contributed by atoms with Crippen LogP contribution < -0.4 is 10.6 Å². The minimum absolute atomic E-state index is 0. The Morgan fingerprint density at radius 1 is 1.26 bits per heavy atom. The zero-order valence-corrected chi connectivity index (χ0v) is 17.4. The first kappa shape index (κ1) is 23.7. The molecule has 0 bridgehead atoms. The molecule has 2 saturated heterocycles. The van der Waals surface area contributed by atoms with E-state index in [-0.39, 0.29) is 36.6 Å². The number of rotatable bonds is 5. The molecule has 2 aliphatic heterocycles. The van der Waals surface area contributed by atoms with Crippen LogP contribution in [0.25, 0.3) is 0 Å². The van der Waals surface area contributed by atoms with E-state index < -0.39 is 0 Å².